The number of morpholine rings is 1. The van der Waals surface area contributed by atoms with Gasteiger partial charge in [-0.1, -0.05) is 85.4 Å². The van der Waals surface area contributed by atoms with Crippen molar-refractivity contribution in [3.8, 4) is 0 Å². The van der Waals surface area contributed by atoms with E-state index in [1.165, 1.54) is 28.4 Å². The summed E-state index contributed by atoms with van der Waals surface area (Å²) in [5.74, 6) is -2.25. The summed E-state index contributed by atoms with van der Waals surface area (Å²) in [6.45, 7) is 6.16. The van der Waals surface area contributed by atoms with Crippen molar-refractivity contribution in [2.24, 2.45) is 5.92 Å². The SMILES string of the molecule is CCC.Cc1ccc(F)cc1.O=C(O)C1CN(C(=O)CN2C(=O)COC(c3ccc(Cl)cc3)C2c2ccc(Cl)cc2)C1. The van der Waals surface area contributed by atoms with E-state index in [0.717, 1.165) is 16.7 Å². The minimum absolute atomic E-state index is 0.152. The second kappa shape index (κ2) is 15.7. The Kier molecular flexibility index (Phi) is 12.3. The Morgan fingerprint density at radius 2 is 1.40 bits per heavy atom. The lowest BCUT2D eigenvalue weighted by atomic mass is 9.92. The van der Waals surface area contributed by atoms with Crippen molar-refractivity contribution >= 4 is 41.0 Å². The Labute approximate surface area is 255 Å². The zero-order chi connectivity index (χ0) is 30.8. The molecule has 42 heavy (non-hydrogen) atoms. The predicted molar refractivity (Wildman–Crippen MR) is 161 cm³/mol. The van der Waals surface area contributed by atoms with Crippen LogP contribution in [0.1, 0.15) is 49.1 Å². The molecule has 224 valence electrons. The third kappa shape index (κ3) is 9.02. The van der Waals surface area contributed by atoms with Crippen LogP contribution in [0, 0.1) is 18.7 Å². The molecule has 3 aromatic carbocycles. The molecule has 2 unspecified atom stereocenters. The average molecular weight is 618 g/mol. The number of rotatable bonds is 5. The third-order valence-electron chi connectivity index (χ3n) is 6.64. The maximum absolute atomic E-state index is 12.8. The van der Waals surface area contributed by atoms with Gasteiger partial charge < -0.3 is 19.6 Å². The van der Waals surface area contributed by atoms with Crippen molar-refractivity contribution in [2.45, 2.75) is 39.3 Å². The summed E-state index contributed by atoms with van der Waals surface area (Å²) in [7, 11) is 0. The van der Waals surface area contributed by atoms with Crippen LogP contribution in [0.5, 0.6) is 0 Å². The van der Waals surface area contributed by atoms with Crippen molar-refractivity contribution in [3.63, 3.8) is 0 Å². The molecule has 10 heteroatoms. The number of hydrogen-bond acceptors (Lipinski definition) is 4. The minimum Gasteiger partial charge on any atom is -0.481 e. The average Bonchev–Trinajstić information content (AvgIpc) is 2.92. The summed E-state index contributed by atoms with van der Waals surface area (Å²) < 4.78 is 18.0. The van der Waals surface area contributed by atoms with Crippen molar-refractivity contribution in [2.75, 3.05) is 26.2 Å². The van der Waals surface area contributed by atoms with Crippen LogP contribution in [0.2, 0.25) is 10.0 Å². The number of ether oxygens (including phenoxy) is 1. The van der Waals surface area contributed by atoms with Crippen LogP contribution in [0.4, 0.5) is 4.39 Å². The zero-order valence-electron chi connectivity index (χ0n) is 23.8. The highest BCUT2D eigenvalue weighted by atomic mass is 35.5. The van der Waals surface area contributed by atoms with E-state index in [1.54, 1.807) is 48.5 Å². The topological polar surface area (TPSA) is 87.2 Å². The molecule has 2 saturated heterocycles. The summed E-state index contributed by atoms with van der Waals surface area (Å²) in [6, 6.07) is 20.1. The lowest BCUT2D eigenvalue weighted by molar-refractivity contribution is -0.165. The van der Waals surface area contributed by atoms with Crippen molar-refractivity contribution in [1.29, 1.82) is 0 Å². The number of likely N-dealkylation sites (tertiary alicyclic amines) is 1. The number of carbonyl (C=O) groups is 3. The fourth-order valence-corrected chi connectivity index (χ4v) is 4.66. The van der Waals surface area contributed by atoms with Crippen LogP contribution in [0.3, 0.4) is 0 Å². The van der Waals surface area contributed by atoms with Crippen LogP contribution in [-0.4, -0.2) is 58.9 Å². The summed E-state index contributed by atoms with van der Waals surface area (Å²) in [5.41, 5.74) is 2.69. The van der Waals surface area contributed by atoms with Crippen LogP contribution >= 0.6 is 23.2 Å². The van der Waals surface area contributed by atoms with E-state index in [4.69, 9.17) is 33.0 Å². The van der Waals surface area contributed by atoms with Gasteiger partial charge in [0.2, 0.25) is 11.8 Å². The Morgan fingerprint density at radius 1 is 0.905 bits per heavy atom. The molecule has 0 spiro atoms. The lowest BCUT2D eigenvalue weighted by Gasteiger charge is -2.43. The molecule has 2 fully saturated rings. The van der Waals surface area contributed by atoms with Gasteiger partial charge in [0, 0.05) is 23.1 Å². The summed E-state index contributed by atoms with van der Waals surface area (Å²) >= 11 is 12.1. The van der Waals surface area contributed by atoms with Crippen molar-refractivity contribution < 1.29 is 28.6 Å². The number of carboxylic acid groups (broad SMARTS) is 1. The first kappa shape index (κ1) is 33.0. The highest BCUT2D eigenvalue weighted by molar-refractivity contribution is 6.30. The van der Waals surface area contributed by atoms with E-state index in [2.05, 4.69) is 13.8 Å². The number of halogens is 3. The molecule has 7 nitrogen and oxygen atoms in total. The van der Waals surface area contributed by atoms with Crippen LogP contribution in [0.15, 0.2) is 72.8 Å². The van der Waals surface area contributed by atoms with Crippen molar-refractivity contribution in [3.05, 3.63) is 105 Å². The van der Waals surface area contributed by atoms with E-state index in [9.17, 15) is 18.8 Å². The monoisotopic (exact) mass is 616 g/mol. The fourth-order valence-electron chi connectivity index (χ4n) is 4.40. The molecule has 0 bridgehead atoms. The molecule has 5 rings (SSSR count). The molecule has 1 N–H and O–H groups in total. The van der Waals surface area contributed by atoms with Crippen LogP contribution in [-0.2, 0) is 19.1 Å². The molecule has 0 aliphatic carbocycles. The van der Waals surface area contributed by atoms with Gasteiger partial charge in [-0.3, -0.25) is 14.4 Å². The molecule has 0 aromatic heterocycles. The number of carbonyl (C=O) groups excluding carboxylic acids is 2. The number of aliphatic carboxylic acids is 1. The minimum atomic E-state index is -0.923. The first-order valence-electron chi connectivity index (χ1n) is 13.7. The quantitative estimate of drug-likeness (QED) is 0.343. The van der Waals surface area contributed by atoms with Gasteiger partial charge in [0.1, 0.15) is 25.1 Å². The molecule has 2 aliphatic rings. The van der Waals surface area contributed by atoms with E-state index in [0.29, 0.717) is 10.0 Å². The number of nitrogens with zero attached hydrogens (tertiary/aromatic N) is 2. The summed E-state index contributed by atoms with van der Waals surface area (Å²) in [5, 5.41) is 10.2. The lowest BCUT2D eigenvalue weighted by Crippen LogP contribution is -2.57. The first-order chi connectivity index (χ1) is 20.0. The van der Waals surface area contributed by atoms with Crippen molar-refractivity contribution in [1.82, 2.24) is 9.80 Å². The van der Waals surface area contributed by atoms with E-state index in [1.807, 2.05) is 19.1 Å². The maximum atomic E-state index is 12.8. The van der Waals surface area contributed by atoms with E-state index < -0.39 is 24.0 Å². The van der Waals surface area contributed by atoms with Gasteiger partial charge >= 0.3 is 5.97 Å². The molecule has 2 amide bonds. The Morgan fingerprint density at radius 3 is 1.88 bits per heavy atom. The largest absolute Gasteiger partial charge is 0.481 e. The molecular weight excluding hydrogens is 582 g/mol. The fraction of sp³-hybridized carbons (Fsp3) is 0.344. The Hall–Kier alpha value is -3.46. The number of benzene rings is 3. The Bertz CT molecular complexity index is 1310. The number of amides is 2. The van der Waals surface area contributed by atoms with Gasteiger partial charge in [0.25, 0.3) is 0 Å². The van der Waals surface area contributed by atoms with Gasteiger partial charge in [-0.2, -0.15) is 0 Å². The molecule has 3 aromatic rings. The van der Waals surface area contributed by atoms with Gasteiger partial charge in [-0.25, -0.2) is 4.39 Å². The van der Waals surface area contributed by atoms with Gasteiger partial charge in [0.15, 0.2) is 0 Å². The normalized spacial score (nSPS) is 18.2. The molecule has 2 atom stereocenters. The van der Waals surface area contributed by atoms with E-state index in [-0.39, 0.29) is 43.9 Å². The summed E-state index contributed by atoms with van der Waals surface area (Å²) in [6.07, 6.45) is 0.743. The predicted octanol–water partition coefficient (Wildman–Crippen LogP) is 6.73. The molecule has 2 heterocycles. The number of hydrogen-bond donors (Lipinski definition) is 1. The molecule has 0 saturated carbocycles. The number of carboxylic acids is 1. The van der Waals surface area contributed by atoms with E-state index >= 15 is 0 Å². The highest BCUT2D eigenvalue weighted by Crippen LogP contribution is 2.40. The van der Waals surface area contributed by atoms with Crippen LogP contribution in [0.25, 0.3) is 0 Å². The zero-order valence-corrected chi connectivity index (χ0v) is 25.3. The van der Waals surface area contributed by atoms with Gasteiger partial charge in [-0.15, -0.1) is 0 Å². The maximum Gasteiger partial charge on any atom is 0.310 e. The smallest absolute Gasteiger partial charge is 0.310 e. The summed E-state index contributed by atoms with van der Waals surface area (Å²) in [4.78, 5) is 39.6. The molecule has 2 aliphatic heterocycles. The molecule has 0 radical (unpaired) electrons. The standard InChI is InChI=1S/C22H20Cl2N2O5.C7H7F.C3H8/c23-16-5-1-13(2-6-16)20-21(14-3-7-17(24)8-4-14)31-12-19(28)26(20)11-18(27)25-9-15(10-25)22(29)30;1-6-2-4-7(8)5-3-6;1-3-2/h1-8,15,20-21H,9-12H2,(H,29,30);2-5H,1H3;3H2,1-2H3. The highest BCUT2D eigenvalue weighted by Gasteiger charge is 2.42. The first-order valence-corrected chi connectivity index (χ1v) is 14.4. The van der Waals surface area contributed by atoms with Gasteiger partial charge in [0.05, 0.1) is 12.0 Å². The second-order valence-corrected chi connectivity index (χ2v) is 11.0. The second-order valence-electron chi connectivity index (χ2n) is 10.1. The Balaban J connectivity index is 0.000000372. The third-order valence-corrected chi connectivity index (χ3v) is 7.14. The number of aryl methyl sites for hydroxylation is 1. The molecular formula is C32H35Cl2FN2O5. The van der Waals surface area contributed by atoms with Crippen LogP contribution < -0.4 is 0 Å². The van der Waals surface area contributed by atoms with Gasteiger partial charge in [-0.05, 0) is 54.4 Å².